The molecule has 8 heteroatoms. The average molecular weight is 404 g/mol. The summed E-state index contributed by atoms with van der Waals surface area (Å²) in [7, 11) is 0. The van der Waals surface area contributed by atoms with Crippen molar-refractivity contribution in [1.82, 2.24) is 14.8 Å². The summed E-state index contributed by atoms with van der Waals surface area (Å²) < 4.78 is 19.8. The number of aromatic nitrogens is 3. The molecule has 1 amide bonds. The molecule has 7 nitrogen and oxygen atoms in total. The van der Waals surface area contributed by atoms with E-state index in [1.54, 1.807) is 24.3 Å². The molecule has 4 rings (SSSR count). The second-order valence-corrected chi connectivity index (χ2v) is 6.64. The van der Waals surface area contributed by atoms with Crippen LogP contribution >= 0.6 is 0 Å². The van der Waals surface area contributed by atoms with Gasteiger partial charge in [0.1, 0.15) is 17.3 Å². The van der Waals surface area contributed by atoms with Crippen molar-refractivity contribution < 1.29 is 13.6 Å². The molecule has 1 N–H and O–H groups in total. The number of amides is 1. The molecular weight excluding hydrogens is 387 g/mol. The highest BCUT2D eigenvalue weighted by Crippen LogP contribution is 2.23. The second kappa shape index (κ2) is 7.75. The maximum absolute atomic E-state index is 13.1. The van der Waals surface area contributed by atoms with Crippen molar-refractivity contribution in [1.29, 1.82) is 0 Å². The van der Waals surface area contributed by atoms with Crippen molar-refractivity contribution in [2.24, 2.45) is 0 Å². The number of nitrogens with zero attached hydrogens (tertiary/aromatic N) is 3. The summed E-state index contributed by atoms with van der Waals surface area (Å²) in [4.78, 5) is 29.0. The quantitative estimate of drug-likeness (QED) is 0.557. The van der Waals surface area contributed by atoms with E-state index in [9.17, 15) is 14.0 Å². The minimum Gasteiger partial charge on any atom is -0.441 e. The van der Waals surface area contributed by atoms with Gasteiger partial charge in [0, 0.05) is 17.3 Å². The molecule has 150 valence electrons. The van der Waals surface area contributed by atoms with Crippen LogP contribution in [0.25, 0.3) is 17.1 Å². The average Bonchev–Trinajstić information content (AvgIpc) is 3.08. The zero-order valence-electron chi connectivity index (χ0n) is 16.2. The van der Waals surface area contributed by atoms with Gasteiger partial charge in [0.25, 0.3) is 11.5 Å². The van der Waals surface area contributed by atoms with Gasteiger partial charge in [-0.2, -0.15) is 9.78 Å². The molecule has 0 bridgehead atoms. The highest BCUT2D eigenvalue weighted by atomic mass is 19.1. The van der Waals surface area contributed by atoms with Crippen LogP contribution in [0.4, 0.5) is 10.1 Å². The van der Waals surface area contributed by atoms with Gasteiger partial charge in [-0.05, 0) is 68.4 Å². The summed E-state index contributed by atoms with van der Waals surface area (Å²) in [5.41, 5.74) is 2.12. The third kappa shape index (κ3) is 3.88. The molecule has 0 saturated heterocycles. The maximum atomic E-state index is 13.1. The molecule has 2 heterocycles. The summed E-state index contributed by atoms with van der Waals surface area (Å²) in [6, 6.07) is 14.8. The summed E-state index contributed by atoms with van der Waals surface area (Å²) in [5.74, 6) is 0.348. The lowest BCUT2D eigenvalue weighted by Gasteiger charge is -2.08. The van der Waals surface area contributed by atoms with E-state index in [1.807, 2.05) is 13.8 Å². The number of carbonyl (C=O) groups excluding carboxylic acids is 1. The first-order valence-electron chi connectivity index (χ1n) is 9.13. The normalized spacial score (nSPS) is 10.8. The first kappa shape index (κ1) is 19.3. The lowest BCUT2D eigenvalue weighted by atomic mass is 10.2. The fourth-order valence-electron chi connectivity index (χ4n) is 2.79. The number of benzene rings is 2. The van der Waals surface area contributed by atoms with Crippen LogP contribution in [-0.4, -0.2) is 20.7 Å². The largest absolute Gasteiger partial charge is 0.441 e. The Morgan fingerprint density at radius 1 is 1.00 bits per heavy atom. The van der Waals surface area contributed by atoms with Crippen LogP contribution < -0.4 is 10.9 Å². The molecular formula is C22H17FN4O3. The number of hydrogen-bond donors (Lipinski definition) is 1. The molecule has 2 aromatic carbocycles. The van der Waals surface area contributed by atoms with Gasteiger partial charge < -0.3 is 9.73 Å². The first-order chi connectivity index (χ1) is 14.4. The van der Waals surface area contributed by atoms with E-state index in [1.165, 1.54) is 36.4 Å². The van der Waals surface area contributed by atoms with E-state index >= 15 is 0 Å². The van der Waals surface area contributed by atoms with Gasteiger partial charge in [0.05, 0.1) is 11.4 Å². The minimum atomic E-state index is -0.485. The SMILES string of the molecule is Cc1nc(-c2ccc(NC(=O)c3ccc(=O)n(-c4ccc(F)cc4)n3)cc2)oc1C. The Kier molecular flexibility index (Phi) is 4.97. The van der Waals surface area contributed by atoms with E-state index in [2.05, 4.69) is 15.4 Å². The predicted octanol–water partition coefficient (Wildman–Crippen LogP) is 3.90. The van der Waals surface area contributed by atoms with E-state index in [0.29, 0.717) is 17.3 Å². The number of rotatable bonds is 4. The molecule has 0 radical (unpaired) electrons. The highest BCUT2D eigenvalue weighted by molar-refractivity contribution is 6.02. The summed E-state index contributed by atoms with van der Waals surface area (Å²) >= 11 is 0. The van der Waals surface area contributed by atoms with Gasteiger partial charge in [-0.3, -0.25) is 9.59 Å². The van der Waals surface area contributed by atoms with E-state index in [0.717, 1.165) is 21.7 Å². The van der Waals surface area contributed by atoms with Gasteiger partial charge >= 0.3 is 0 Å². The van der Waals surface area contributed by atoms with Crippen molar-refractivity contribution in [2.75, 3.05) is 5.32 Å². The van der Waals surface area contributed by atoms with E-state index in [4.69, 9.17) is 4.42 Å². The van der Waals surface area contributed by atoms with Crippen LogP contribution in [0.1, 0.15) is 21.9 Å². The second-order valence-electron chi connectivity index (χ2n) is 6.64. The molecule has 30 heavy (non-hydrogen) atoms. The van der Waals surface area contributed by atoms with Crippen LogP contribution in [0.5, 0.6) is 0 Å². The number of anilines is 1. The zero-order valence-corrected chi connectivity index (χ0v) is 16.2. The molecule has 0 aliphatic carbocycles. The van der Waals surface area contributed by atoms with Crippen molar-refractivity contribution in [2.45, 2.75) is 13.8 Å². The van der Waals surface area contributed by atoms with Crippen molar-refractivity contribution >= 4 is 11.6 Å². The van der Waals surface area contributed by atoms with Gasteiger partial charge in [-0.25, -0.2) is 9.37 Å². The Bertz CT molecular complexity index is 1260. The topological polar surface area (TPSA) is 90.0 Å². The third-order valence-electron chi connectivity index (χ3n) is 4.52. The Morgan fingerprint density at radius 3 is 2.33 bits per heavy atom. The summed E-state index contributed by atoms with van der Waals surface area (Å²) in [5, 5.41) is 6.82. The molecule has 4 aromatic rings. The minimum absolute atomic E-state index is 0.0435. The number of nitrogens with one attached hydrogen (secondary N) is 1. The zero-order chi connectivity index (χ0) is 21.3. The third-order valence-corrected chi connectivity index (χ3v) is 4.52. The molecule has 2 aromatic heterocycles. The highest BCUT2D eigenvalue weighted by Gasteiger charge is 2.12. The molecule has 0 atom stereocenters. The monoisotopic (exact) mass is 404 g/mol. The molecule has 0 spiro atoms. The Morgan fingerprint density at radius 2 is 1.70 bits per heavy atom. The van der Waals surface area contributed by atoms with Crippen LogP contribution in [0.15, 0.2) is 69.9 Å². The van der Waals surface area contributed by atoms with E-state index in [-0.39, 0.29) is 5.69 Å². The Hall–Kier alpha value is -4.07. The van der Waals surface area contributed by atoms with Crippen LogP contribution in [0.2, 0.25) is 0 Å². The van der Waals surface area contributed by atoms with E-state index < -0.39 is 17.3 Å². The van der Waals surface area contributed by atoms with Crippen LogP contribution in [0, 0.1) is 19.7 Å². The lowest BCUT2D eigenvalue weighted by Crippen LogP contribution is -2.24. The summed E-state index contributed by atoms with van der Waals surface area (Å²) in [6.45, 7) is 3.72. The fourth-order valence-corrected chi connectivity index (χ4v) is 2.79. The number of aryl methyl sites for hydroxylation is 2. The van der Waals surface area contributed by atoms with Crippen molar-refractivity contribution in [3.05, 3.63) is 94.0 Å². The summed E-state index contributed by atoms with van der Waals surface area (Å²) in [6.07, 6.45) is 0. The maximum Gasteiger partial charge on any atom is 0.276 e. The molecule has 0 saturated carbocycles. The van der Waals surface area contributed by atoms with Crippen molar-refractivity contribution in [3.63, 3.8) is 0 Å². The van der Waals surface area contributed by atoms with Gasteiger partial charge in [0.2, 0.25) is 5.89 Å². The van der Waals surface area contributed by atoms with Gasteiger partial charge in [-0.15, -0.1) is 0 Å². The number of oxazole rings is 1. The van der Waals surface area contributed by atoms with Gasteiger partial charge in [-0.1, -0.05) is 0 Å². The Labute approximate surface area is 170 Å². The molecule has 0 unspecified atom stereocenters. The number of carbonyl (C=O) groups is 1. The van der Waals surface area contributed by atoms with Gasteiger partial charge in [0.15, 0.2) is 0 Å². The number of halogens is 1. The predicted molar refractivity (Wildman–Crippen MR) is 109 cm³/mol. The fraction of sp³-hybridized carbons (Fsp3) is 0.0909. The molecule has 0 aliphatic rings. The van der Waals surface area contributed by atoms with Crippen molar-refractivity contribution in [3.8, 4) is 17.1 Å². The smallest absolute Gasteiger partial charge is 0.276 e. The Balaban J connectivity index is 1.54. The standard InChI is InChI=1S/C22H17FN4O3/c1-13-14(2)30-22(24-13)15-3-7-17(8-4-15)25-21(29)19-11-12-20(28)27(26-19)18-9-5-16(23)6-10-18/h3-12H,1-2H3,(H,25,29). The molecule has 0 aliphatic heterocycles. The number of hydrogen-bond acceptors (Lipinski definition) is 5. The lowest BCUT2D eigenvalue weighted by molar-refractivity contribution is 0.102. The first-order valence-corrected chi connectivity index (χ1v) is 9.13. The van der Waals surface area contributed by atoms with Crippen LogP contribution in [0.3, 0.4) is 0 Å². The van der Waals surface area contributed by atoms with Crippen LogP contribution in [-0.2, 0) is 0 Å². The molecule has 0 fully saturated rings.